The molecule has 0 spiro atoms. The van der Waals surface area contributed by atoms with Crippen LogP contribution in [0.25, 0.3) is 0 Å². The molecule has 0 saturated carbocycles. The Morgan fingerprint density at radius 1 is 1.38 bits per heavy atom. The van der Waals surface area contributed by atoms with Crippen molar-refractivity contribution in [1.29, 1.82) is 5.41 Å². The molecule has 0 fully saturated rings. The molecule has 0 radical (unpaired) electrons. The summed E-state index contributed by atoms with van der Waals surface area (Å²) in [5.74, 6) is -0.208. The quantitative estimate of drug-likeness (QED) is 0.386. The van der Waals surface area contributed by atoms with Gasteiger partial charge in [0, 0.05) is 18.3 Å². The van der Waals surface area contributed by atoms with E-state index in [-0.39, 0.29) is 38.8 Å². The Kier molecular flexibility index (Phi) is 4.25. The fraction of sp³-hybridized carbons (Fsp3) is 0. The number of nitrogens with two attached hydrogens (primary N) is 1. The van der Waals surface area contributed by atoms with Gasteiger partial charge in [-0.05, 0) is 12.1 Å². The van der Waals surface area contributed by atoms with Gasteiger partial charge in [0.2, 0.25) is 5.88 Å². The topological polar surface area (TPSA) is 115 Å². The van der Waals surface area contributed by atoms with Crippen molar-refractivity contribution in [2.45, 2.75) is 0 Å². The molecule has 2 rings (SSSR count). The fourth-order valence-electron chi connectivity index (χ4n) is 1.52. The van der Waals surface area contributed by atoms with Crippen LogP contribution < -0.4 is 10.5 Å². The van der Waals surface area contributed by atoms with Gasteiger partial charge in [-0.15, -0.1) is 0 Å². The van der Waals surface area contributed by atoms with Crippen LogP contribution in [0.15, 0.2) is 30.5 Å². The molecule has 1 aromatic heterocycles. The van der Waals surface area contributed by atoms with E-state index in [1.165, 1.54) is 12.3 Å². The molecule has 108 valence electrons. The van der Waals surface area contributed by atoms with Crippen LogP contribution >= 0.6 is 23.2 Å². The summed E-state index contributed by atoms with van der Waals surface area (Å²) in [6.45, 7) is 0. The zero-order chi connectivity index (χ0) is 15.6. The van der Waals surface area contributed by atoms with Gasteiger partial charge in [0.25, 0.3) is 5.69 Å². The maximum atomic E-state index is 10.7. The number of nitro benzene ring substituents is 1. The zero-order valence-corrected chi connectivity index (χ0v) is 11.9. The Morgan fingerprint density at radius 2 is 2.00 bits per heavy atom. The molecule has 0 atom stereocenters. The Bertz CT molecular complexity index is 713. The Morgan fingerprint density at radius 3 is 2.52 bits per heavy atom. The van der Waals surface area contributed by atoms with Crippen molar-refractivity contribution in [2.75, 3.05) is 0 Å². The van der Waals surface area contributed by atoms with E-state index in [0.717, 1.165) is 12.1 Å². The molecule has 7 nitrogen and oxygen atoms in total. The van der Waals surface area contributed by atoms with E-state index in [4.69, 9.17) is 39.1 Å². The van der Waals surface area contributed by atoms with E-state index in [0.29, 0.717) is 0 Å². The first-order valence-electron chi connectivity index (χ1n) is 5.51. The fourth-order valence-corrected chi connectivity index (χ4v) is 2.08. The van der Waals surface area contributed by atoms with Crippen molar-refractivity contribution in [2.24, 2.45) is 5.73 Å². The van der Waals surface area contributed by atoms with Gasteiger partial charge < -0.3 is 10.5 Å². The summed E-state index contributed by atoms with van der Waals surface area (Å²) in [6, 6.07) is 5.35. The number of halogens is 2. The lowest BCUT2D eigenvalue weighted by atomic mass is 10.2. The minimum absolute atomic E-state index is 0.00475. The molecule has 3 N–H and O–H groups in total. The molecule has 0 saturated heterocycles. The van der Waals surface area contributed by atoms with Crippen molar-refractivity contribution in [3.63, 3.8) is 0 Å². The van der Waals surface area contributed by atoms with Crippen molar-refractivity contribution >= 4 is 34.7 Å². The number of nitrogens with one attached hydrogen (secondary N) is 1. The van der Waals surface area contributed by atoms with Gasteiger partial charge in [0.1, 0.15) is 5.84 Å². The third-order valence-electron chi connectivity index (χ3n) is 2.45. The standard InChI is InChI=1S/C12H8Cl2N4O3/c13-8-4-6(18(19)20)5-9(14)10(8)21-12-7(11(15)16)2-1-3-17-12/h1-5H,(H3,15,16). The summed E-state index contributed by atoms with van der Waals surface area (Å²) < 4.78 is 5.45. The lowest BCUT2D eigenvalue weighted by molar-refractivity contribution is -0.384. The highest BCUT2D eigenvalue weighted by atomic mass is 35.5. The average molecular weight is 327 g/mol. The van der Waals surface area contributed by atoms with Gasteiger partial charge >= 0.3 is 0 Å². The van der Waals surface area contributed by atoms with Gasteiger partial charge in [0.15, 0.2) is 5.75 Å². The first kappa shape index (κ1) is 15.0. The molecule has 0 aliphatic rings. The van der Waals surface area contributed by atoms with Gasteiger partial charge in [-0.25, -0.2) is 4.98 Å². The number of nitro groups is 1. The second-order valence-electron chi connectivity index (χ2n) is 3.87. The number of benzene rings is 1. The third-order valence-corrected chi connectivity index (χ3v) is 3.02. The van der Waals surface area contributed by atoms with Crippen LogP contribution in [0, 0.1) is 15.5 Å². The van der Waals surface area contributed by atoms with Gasteiger partial charge in [-0.3, -0.25) is 15.5 Å². The summed E-state index contributed by atoms with van der Waals surface area (Å²) in [5.41, 5.74) is 5.41. The minimum Gasteiger partial charge on any atom is -0.435 e. The maximum absolute atomic E-state index is 10.7. The minimum atomic E-state index is -0.622. The monoisotopic (exact) mass is 326 g/mol. The summed E-state index contributed by atoms with van der Waals surface area (Å²) in [4.78, 5) is 14.0. The highest BCUT2D eigenvalue weighted by Crippen LogP contribution is 2.39. The van der Waals surface area contributed by atoms with Crippen molar-refractivity contribution in [3.8, 4) is 11.6 Å². The van der Waals surface area contributed by atoms with Crippen LogP contribution in [0.5, 0.6) is 11.6 Å². The van der Waals surface area contributed by atoms with Crippen LogP contribution in [-0.4, -0.2) is 15.7 Å². The number of rotatable bonds is 4. The lowest BCUT2D eigenvalue weighted by Gasteiger charge is -2.11. The molecule has 21 heavy (non-hydrogen) atoms. The lowest BCUT2D eigenvalue weighted by Crippen LogP contribution is -2.13. The molecule has 0 aliphatic carbocycles. The van der Waals surface area contributed by atoms with Gasteiger partial charge in [-0.1, -0.05) is 23.2 Å². The number of non-ortho nitro benzene ring substituents is 1. The van der Waals surface area contributed by atoms with E-state index in [2.05, 4.69) is 4.98 Å². The van der Waals surface area contributed by atoms with Crippen LogP contribution in [0.1, 0.15) is 5.56 Å². The largest absolute Gasteiger partial charge is 0.435 e. The zero-order valence-electron chi connectivity index (χ0n) is 10.3. The molecular weight excluding hydrogens is 319 g/mol. The first-order valence-corrected chi connectivity index (χ1v) is 6.26. The summed E-state index contributed by atoms with van der Waals surface area (Å²) >= 11 is 11.9. The predicted molar refractivity (Wildman–Crippen MR) is 78.4 cm³/mol. The molecule has 0 unspecified atom stereocenters. The molecule has 9 heteroatoms. The normalized spacial score (nSPS) is 10.2. The highest BCUT2D eigenvalue weighted by Gasteiger charge is 2.18. The molecule has 1 heterocycles. The molecule has 0 amide bonds. The number of amidine groups is 1. The van der Waals surface area contributed by atoms with Crippen LogP contribution in [0.4, 0.5) is 5.69 Å². The molecule has 0 aliphatic heterocycles. The van der Waals surface area contributed by atoms with E-state index in [9.17, 15) is 10.1 Å². The molecular formula is C12H8Cl2N4O3. The van der Waals surface area contributed by atoms with E-state index >= 15 is 0 Å². The number of aromatic nitrogens is 1. The van der Waals surface area contributed by atoms with E-state index < -0.39 is 4.92 Å². The molecule has 1 aromatic carbocycles. The Hall–Kier alpha value is -2.38. The van der Waals surface area contributed by atoms with Crippen LogP contribution in [0.2, 0.25) is 10.0 Å². The summed E-state index contributed by atoms with van der Waals surface area (Å²) in [6.07, 6.45) is 1.44. The Labute approximate surface area is 128 Å². The van der Waals surface area contributed by atoms with Gasteiger partial charge in [0.05, 0.1) is 20.5 Å². The van der Waals surface area contributed by atoms with Crippen molar-refractivity contribution in [3.05, 3.63) is 56.2 Å². The second kappa shape index (κ2) is 5.94. The molecule has 2 aromatic rings. The summed E-state index contributed by atoms with van der Waals surface area (Å²) in [7, 11) is 0. The number of hydrogen-bond acceptors (Lipinski definition) is 5. The number of hydrogen-bond donors (Lipinski definition) is 2. The number of nitrogen functional groups attached to an aromatic ring is 1. The first-order chi connectivity index (χ1) is 9.90. The highest BCUT2D eigenvalue weighted by molar-refractivity contribution is 6.37. The molecule has 0 bridgehead atoms. The Balaban J connectivity index is 2.46. The number of pyridine rings is 1. The van der Waals surface area contributed by atoms with Gasteiger partial charge in [-0.2, -0.15) is 0 Å². The smallest absolute Gasteiger partial charge is 0.272 e. The SMILES string of the molecule is N=C(N)c1cccnc1Oc1c(Cl)cc([N+](=O)[O-])cc1Cl. The average Bonchev–Trinajstić information content (AvgIpc) is 2.42. The van der Waals surface area contributed by atoms with E-state index in [1.807, 2.05) is 0 Å². The van der Waals surface area contributed by atoms with Crippen LogP contribution in [0.3, 0.4) is 0 Å². The van der Waals surface area contributed by atoms with E-state index in [1.54, 1.807) is 6.07 Å². The maximum Gasteiger partial charge on any atom is 0.272 e. The van der Waals surface area contributed by atoms with Crippen molar-refractivity contribution in [1.82, 2.24) is 4.98 Å². The second-order valence-corrected chi connectivity index (χ2v) is 4.68. The van der Waals surface area contributed by atoms with Crippen LogP contribution in [-0.2, 0) is 0 Å². The predicted octanol–water partition coefficient (Wildman–Crippen LogP) is 3.37. The third kappa shape index (κ3) is 3.21. The van der Waals surface area contributed by atoms with Crippen molar-refractivity contribution < 1.29 is 9.66 Å². The number of nitrogens with zero attached hydrogens (tertiary/aromatic N) is 2. The summed E-state index contributed by atoms with van der Waals surface area (Å²) in [5, 5.41) is 18.1. The number of ether oxygens (including phenoxy) is 1.